The molecule has 0 fully saturated rings. The molecule has 0 bridgehead atoms. The number of nitrogens with zero attached hydrogens (tertiary/aromatic N) is 1. The normalized spacial score (nSPS) is 20.3. The summed E-state index contributed by atoms with van der Waals surface area (Å²) in [6.45, 7) is 2.45. The van der Waals surface area contributed by atoms with E-state index in [-0.39, 0.29) is 5.41 Å². The van der Waals surface area contributed by atoms with E-state index < -0.39 is 0 Å². The summed E-state index contributed by atoms with van der Waals surface area (Å²) >= 11 is 0. The minimum atomic E-state index is -0.343. The molecule has 6 rings (SSSR count). The summed E-state index contributed by atoms with van der Waals surface area (Å²) < 4.78 is 29.6. The molecular weight excluding hydrogens is 394 g/mol. The lowest BCUT2D eigenvalue weighted by Gasteiger charge is -2.26. The van der Waals surface area contributed by atoms with E-state index in [1.807, 2.05) is 42.5 Å². The number of ether oxygens (including phenoxy) is 5. The van der Waals surface area contributed by atoms with Crippen LogP contribution in [0.2, 0.25) is 0 Å². The van der Waals surface area contributed by atoms with Gasteiger partial charge in [0.15, 0.2) is 11.5 Å². The summed E-state index contributed by atoms with van der Waals surface area (Å²) in [7, 11) is 3.77. The Morgan fingerprint density at radius 3 is 2.48 bits per heavy atom. The third-order valence-electron chi connectivity index (χ3n) is 6.30. The van der Waals surface area contributed by atoms with Crippen LogP contribution in [0.4, 0.5) is 5.69 Å². The first kappa shape index (κ1) is 18.2. The van der Waals surface area contributed by atoms with E-state index in [4.69, 9.17) is 23.7 Å². The van der Waals surface area contributed by atoms with Crippen LogP contribution in [0.25, 0.3) is 0 Å². The van der Waals surface area contributed by atoms with Gasteiger partial charge in [0, 0.05) is 42.5 Å². The number of methoxy groups -OCH3 is 1. The molecule has 0 aliphatic carbocycles. The van der Waals surface area contributed by atoms with Crippen LogP contribution in [0, 0.1) is 0 Å². The highest BCUT2D eigenvalue weighted by Crippen LogP contribution is 2.56. The lowest BCUT2D eigenvalue weighted by atomic mass is 9.77. The van der Waals surface area contributed by atoms with E-state index in [2.05, 4.69) is 24.1 Å². The van der Waals surface area contributed by atoms with Crippen LogP contribution in [0.1, 0.15) is 11.1 Å². The first-order valence-corrected chi connectivity index (χ1v) is 10.4. The fraction of sp³-hybridized carbons (Fsp3) is 0.280. The topological polar surface area (TPSA) is 49.4 Å². The maximum absolute atomic E-state index is 6.41. The van der Waals surface area contributed by atoms with Gasteiger partial charge in [0.25, 0.3) is 0 Å². The van der Waals surface area contributed by atoms with E-state index in [1.165, 1.54) is 0 Å². The quantitative estimate of drug-likeness (QED) is 0.630. The molecule has 6 heteroatoms. The average molecular weight is 417 g/mol. The molecule has 0 amide bonds. The van der Waals surface area contributed by atoms with Gasteiger partial charge >= 0.3 is 0 Å². The second-order valence-corrected chi connectivity index (χ2v) is 8.15. The molecule has 0 saturated carbocycles. The van der Waals surface area contributed by atoms with Crippen LogP contribution in [0.15, 0.2) is 54.6 Å². The number of likely N-dealkylation sites (N-methyl/N-ethyl adjacent to an activating group) is 1. The Hall–Kier alpha value is -3.54. The molecular formula is C25H23NO5. The van der Waals surface area contributed by atoms with E-state index in [0.29, 0.717) is 19.8 Å². The fourth-order valence-corrected chi connectivity index (χ4v) is 4.94. The summed E-state index contributed by atoms with van der Waals surface area (Å²) in [6, 6.07) is 17.9. The fourth-order valence-electron chi connectivity index (χ4n) is 4.94. The zero-order chi connectivity index (χ0) is 21.0. The molecule has 158 valence electrons. The van der Waals surface area contributed by atoms with Gasteiger partial charge in [0.2, 0.25) is 0 Å². The minimum absolute atomic E-state index is 0.343. The third-order valence-corrected chi connectivity index (χ3v) is 6.30. The SMILES string of the molecule is COc1cccc(Oc2cccc3c2C2(COc4cc5c(cc42)OCCO5)CN3C)c1. The highest BCUT2D eigenvalue weighted by atomic mass is 16.6. The highest BCUT2D eigenvalue weighted by Gasteiger charge is 2.51. The first-order chi connectivity index (χ1) is 15.2. The molecule has 1 atom stereocenters. The number of anilines is 1. The van der Waals surface area contributed by atoms with Crippen molar-refractivity contribution in [1.29, 1.82) is 0 Å². The van der Waals surface area contributed by atoms with Crippen molar-refractivity contribution >= 4 is 5.69 Å². The molecule has 3 aromatic rings. The number of hydrogen-bond donors (Lipinski definition) is 0. The van der Waals surface area contributed by atoms with Crippen LogP contribution in [0.5, 0.6) is 34.5 Å². The maximum atomic E-state index is 6.41. The molecule has 0 aromatic heterocycles. The highest BCUT2D eigenvalue weighted by molar-refractivity contribution is 5.74. The van der Waals surface area contributed by atoms with Crippen LogP contribution < -0.4 is 28.6 Å². The molecule has 1 unspecified atom stereocenters. The number of rotatable bonds is 3. The van der Waals surface area contributed by atoms with Crippen molar-refractivity contribution in [2.75, 3.05) is 45.4 Å². The Balaban J connectivity index is 1.49. The van der Waals surface area contributed by atoms with Gasteiger partial charge in [-0.3, -0.25) is 0 Å². The largest absolute Gasteiger partial charge is 0.497 e. The standard InChI is InChI=1S/C25H23NO5/c1-26-14-25(15-30-21-13-23-22(12-18(21)25)28-9-10-29-23)24-19(26)7-4-8-20(24)31-17-6-3-5-16(11-17)27-2/h3-8,11-13H,9-10,14-15H2,1-2H3. The lowest BCUT2D eigenvalue weighted by Crippen LogP contribution is -2.34. The van der Waals surface area contributed by atoms with Gasteiger partial charge in [0.1, 0.15) is 42.8 Å². The lowest BCUT2D eigenvalue weighted by molar-refractivity contribution is 0.171. The average Bonchev–Trinajstić information content (AvgIpc) is 3.30. The number of hydrogen-bond acceptors (Lipinski definition) is 6. The molecule has 0 N–H and O–H groups in total. The predicted octanol–water partition coefficient (Wildman–Crippen LogP) is 4.39. The summed E-state index contributed by atoms with van der Waals surface area (Å²) in [4.78, 5) is 2.27. The number of fused-ring (bicyclic) bond motifs is 5. The minimum Gasteiger partial charge on any atom is -0.497 e. The van der Waals surface area contributed by atoms with Crippen molar-refractivity contribution < 1.29 is 23.7 Å². The van der Waals surface area contributed by atoms with Crippen molar-refractivity contribution in [1.82, 2.24) is 0 Å². The van der Waals surface area contributed by atoms with Gasteiger partial charge in [-0.2, -0.15) is 0 Å². The molecule has 3 aliphatic heterocycles. The number of benzene rings is 3. The second kappa shape index (κ2) is 6.74. The van der Waals surface area contributed by atoms with E-state index in [1.54, 1.807) is 7.11 Å². The molecule has 1 spiro atoms. The van der Waals surface area contributed by atoms with Gasteiger partial charge in [-0.15, -0.1) is 0 Å². The first-order valence-electron chi connectivity index (χ1n) is 10.4. The van der Waals surface area contributed by atoms with Crippen molar-refractivity contribution in [3.8, 4) is 34.5 Å². The zero-order valence-electron chi connectivity index (χ0n) is 17.5. The van der Waals surface area contributed by atoms with Crippen molar-refractivity contribution in [3.63, 3.8) is 0 Å². The monoisotopic (exact) mass is 417 g/mol. The molecule has 31 heavy (non-hydrogen) atoms. The molecule has 0 radical (unpaired) electrons. The maximum Gasteiger partial charge on any atom is 0.165 e. The van der Waals surface area contributed by atoms with Crippen molar-refractivity contribution in [2.45, 2.75) is 5.41 Å². The Kier molecular flexibility index (Phi) is 3.96. The van der Waals surface area contributed by atoms with Crippen LogP contribution >= 0.6 is 0 Å². The van der Waals surface area contributed by atoms with Gasteiger partial charge in [-0.1, -0.05) is 12.1 Å². The van der Waals surface area contributed by atoms with Gasteiger partial charge < -0.3 is 28.6 Å². The summed E-state index contributed by atoms with van der Waals surface area (Å²) in [5.74, 6) is 4.68. The predicted molar refractivity (Wildman–Crippen MR) is 116 cm³/mol. The molecule has 0 saturated heterocycles. The Bertz CT molecular complexity index is 1180. The van der Waals surface area contributed by atoms with E-state index >= 15 is 0 Å². The summed E-state index contributed by atoms with van der Waals surface area (Å²) in [6.07, 6.45) is 0. The summed E-state index contributed by atoms with van der Waals surface area (Å²) in [5.41, 5.74) is 3.05. The molecule has 3 aromatic carbocycles. The molecule has 6 nitrogen and oxygen atoms in total. The van der Waals surface area contributed by atoms with Crippen LogP contribution in [-0.2, 0) is 5.41 Å². The summed E-state index contributed by atoms with van der Waals surface area (Å²) in [5, 5.41) is 0. The van der Waals surface area contributed by atoms with Crippen molar-refractivity contribution in [3.05, 3.63) is 65.7 Å². The zero-order valence-corrected chi connectivity index (χ0v) is 17.5. The van der Waals surface area contributed by atoms with E-state index in [0.717, 1.165) is 57.9 Å². The van der Waals surface area contributed by atoms with Gasteiger partial charge in [-0.25, -0.2) is 0 Å². The Labute approximate surface area is 180 Å². The van der Waals surface area contributed by atoms with Crippen LogP contribution in [-0.4, -0.2) is 40.5 Å². The molecule has 3 aliphatic rings. The van der Waals surface area contributed by atoms with Gasteiger partial charge in [0.05, 0.1) is 12.5 Å². The van der Waals surface area contributed by atoms with E-state index in [9.17, 15) is 0 Å². The van der Waals surface area contributed by atoms with Crippen molar-refractivity contribution in [2.24, 2.45) is 0 Å². The smallest absolute Gasteiger partial charge is 0.165 e. The second-order valence-electron chi connectivity index (χ2n) is 8.15. The Morgan fingerprint density at radius 2 is 1.65 bits per heavy atom. The molecule has 3 heterocycles. The van der Waals surface area contributed by atoms with Gasteiger partial charge in [-0.05, 0) is 30.3 Å². The van der Waals surface area contributed by atoms with Crippen LogP contribution in [0.3, 0.4) is 0 Å². The Morgan fingerprint density at radius 1 is 0.871 bits per heavy atom. The third kappa shape index (κ3) is 2.71.